The number of nitrogens with one attached hydrogen (secondary N) is 2. The van der Waals surface area contributed by atoms with Crippen LogP contribution in [-0.4, -0.2) is 18.4 Å². The summed E-state index contributed by atoms with van der Waals surface area (Å²) in [5.74, 6) is 1.44. The van der Waals surface area contributed by atoms with Crippen molar-refractivity contribution < 1.29 is 13.9 Å². The molecule has 1 aliphatic heterocycles. The second-order valence-electron chi connectivity index (χ2n) is 6.21. The SMILES string of the molecule is CCOc1ccc([C@H](C)NC(=O)N[C@@H]2CCSc3ccc(F)cc32)cc1. The smallest absolute Gasteiger partial charge is 0.315 e. The van der Waals surface area contributed by atoms with Gasteiger partial charge in [-0.3, -0.25) is 0 Å². The van der Waals surface area contributed by atoms with Crippen molar-refractivity contribution in [2.45, 2.75) is 37.2 Å². The van der Waals surface area contributed by atoms with Gasteiger partial charge in [-0.15, -0.1) is 11.8 Å². The first-order valence-corrected chi connectivity index (χ1v) is 9.77. The minimum Gasteiger partial charge on any atom is -0.494 e. The maximum Gasteiger partial charge on any atom is 0.315 e. The molecule has 2 aromatic carbocycles. The molecule has 0 saturated carbocycles. The van der Waals surface area contributed by atoms with Crippen molar-refractivity contribution in [3.63, 3.8) is 0 Å². The molecule has 0 fully saturated rings. The van der Waals surface area contributed by atoms with Gasteiger partial charge in [0.15, 0.2) is 0 Å². The van der Waals surface area contributed by atoms with Gasteiger partial charge in [-0.1, -0.05) is 12.1 Å². The van der Waals surface area contributed by atoms with Crippen molar-refractivity contribution in [3.8, 4) is 5.75 Å². The normalized spacial score (nSPS) is 17.1. The lowest BCUT2D eigenvalue weighted by Gasteiger charge is -2.27. The number of amides is 2. The van der Waals surface area contributed by atoms with Crippen LogP contribution in [0.5, 0.6) is 5.75 Å². The largest absolute Gasteiger partial charge is 0.494 e. The van der Waals surface area contributed by atoms with E-state index in [1.165, 1.54) is 12.1 Å². The lowest BCUT2D eigenvalue weighted by atomic mass is 10.0. The third-order valence-electron chi connectivity index (χ3n) is 4.36. The Kier molecular flexibility index (Phi) is 6.04. The van der Waals surface area contributed by atoms with Gasteiger partial charge < -0.3 is 15.4 Å². The highest BCUT2D eigenvalue weighted by Crippen LogP contribution is 2.36. The maximum absolute atomic E-state index is 13.6. The quantitative estimate of drug-likeness (QED) is 0.789. The van der Waals surface area contributed by atoms with E-state index in [1.54, 1.807) is 17.8 Å². The highest BCUT2D eigenvalue weighted by Gasteiger charge is 2.23. The Morgan fingerprint density at radius 3 is 2.81 bits per heavy atom. The van der Waals surface area contributed by atoms with Gasteiger partial charge in [0.25, 0.3) is 0 Å². The standard InChI is InChI=1S/C20H23FN2O2S/c1-3-25-16-7-4-14(5-8-16)13(2)22-20(24)23-18-10-11-26-19-9-6-15(21)12-17(18)19/h4-9,12-13,18H,3,10-11H2,1-2H3,(H2,22,23,24)/t13-,18+/m0/s1. The van der Waals surface area contributed by atoms with Crippen LogP contribution in [0.2, 0.25) is 0 Å². The molecular formula is C20H23FN2O2S. The predicted molar refractivity (Wildman–Crippen MR) is 102 cm³/mol. The van der Waals surface area contributed by atoms with Crippen LogP contribution in [0.1, 0.15) is 43.5 Å². The van der Waals surface area contributed by atoms with Gasteiger partial charge in [0.2, 0.25) is 0 Å². The zero-order valence-corrected chi connectivity index (χ0v) is 15.7. The molecule has 6 heteroatoms. The maximum atomic E-state index is 13.6. The van der Waals surface area contributed by atoms with E-state index in [-0.39, 0.29) is 23.9 Å². The summed E-state index contributed by atoms with van der Waals surface area (Å²) < 4.78 is 19.0. The molecule has 2 aromatic rings. The van der Waals surface area contributed by atoms with Crippen LogP contribution in [0, 0.1) is 5.82 Å². The molecule has 0 bridgehead atoms. The molecule has 3 rings (SSSR count). The summed E-state index contributed by atoms with van der Waals surface area (Å²) in [6, 6.07) is 11.9. The highest BCUT2D eigenvalue weighted by atomic mass is 32.2. The Hall–Kier alpha value is -2.21. The molecule has 0 unspecified atom stereocenters. The molecular weight excluding hydrogens is 351 g/mol. The molecule has 26 heavy (non-hydrogen) atoms. The van der Waals surface area contributed by atoms with Gasteiger partial charge >= 0.3 is 6.03 Å². The molecule has 0 aromatic heterocycles. The van der Waals surface area contributed by atoms with Crippen LogP contribution >= 0.6 is 11.8 Å². The van der Waals surface area contributed by atoms with Crippen molar-refractivity contribution in [1.82, 2.24) is 10.6 Å². The van der Waals surface area contributed by atoms with Crippen molar-refractivity contribution in [2.75, 3.05) is 12.4 Å². The summed E-state index contributed by atoms with van der Waals surface area (Å²) in [5, 5.41) is 5.93. The number of hydrogen-bond acceptors (Lipinski definition) is 3. The van der Waals surface area contributed by atoms with Crippen LogP contribution in [0.25, 0.3) is 0 Å². The Morgan fingerprint density at radius 2 is 2.08 bits per heavy atom. The van der Waals surface area contributed by atoms with Gasteiger partial charge in [-0.25, -0.2) is 9.18 Å². The van der Waals surface area contributed by atoms with Crippen LogP contribution in [0.15, 0.2) is 47.4 Å². The summed E-state index contributed by atoms with van der Waals surface area (Å²) in [5.41, 5.74) is 1.85. The first-order valence-electron chi connectivity index (χ1n) is 8.79. The molecule has 2 amide bonds. The Morgan fingerprint density at radius 1 is 1.31 bits per heavy atom. The zero-order valence-electron chi connectivity index (χ0n) is 14.9. The third kappa shape index (κ3) is 4.49. The molecule has 0 aliphatic carbocycles. The summed E-state index contributed by atoms with van der Waals surface area (Å²) in [6.45, 7) is 4.49. The number of thioether (sulfide) groups is 1. The fraction of sp³-hybridized carbons (Fsp3) is 0.350. The second kappa shape index (κ2) is 8.45. The van der Waals surface area contributed by atoms with Gasteiger partial charge in [0.05, 0.1) is 18.7 Å². The average molecular weight is 374 g/mol. The monoisotopic (exact) mass is 374 g/mol. The number of hydrogen-bond donors (Lipinski definition) is 2. The van der Waals surface area contributed by atoms with Crippen molar-refractivity contribution in [1.29, 1.82) is 0 Å². The van der Waals surface area contributed by atoms with Crippen molar-refractivity contribution in [2.24, 2.45) is 0 Å². The molecule has 138 valence electrons. The summed E-state index contributed by atoms with van der Waals surface area (Å²) in [6.07, 6.45) is 0.784. The van der Waals surface area contributed by atoms with E-state index in [0.29, 0.717) is 6.61 Å². The van der Waals surface area contributed by atoms with Crippen LogP contribution in [0.4, 0.5) is 9.18 Å². The number of urea groups is 1. The first-order chi connectivity index (χ1) is 12.6. The van der Waals surface area contributed by atoms with E-state index >= 15 is 0 Å². The first kappa shape index (κ1) is 18.6. The van der Waals surface area contributed by atoms with Gasteiger partial charge in [-0.2, -0.15) is 0 Å². The zero-order chi connectivity index (χ0) is 18.5. The third-order valence-corrected chi connectivity index (χ3v) is 5.48. The highest BCUT2D eigenvalue weighted by molar-refractivity contribution is 7.99. The number of fused-ring (bicyclic) bond motifs is 1. The fourth-order valence-corrected chi connectivity index (χ4v) is 4.12. The Balaban J connectivity index is 1.61. The summed E-state index contributed by atoms with van der Waals surface area (Å²) in [4.78, 5) is 13.4. The number of halogens is 1. The van der Waals surface area contributed by atoms with Crippen LogP contribution in [-0.2, 0) is 0 Å². The number of carbonyl (C=O) groups excluding carboxylic acids is 1. The van der Waals surface area contributed by atoms with E-state index < -0.39 is 0 Å². The summed E-state index contributed by atoms with van der Waals surface area (Å²) >= 11 is 1.69. The number of benzene rings is 2. The predicted octanol–water partition coefficient (Wildman–Crippen LogP) is 4.82. The van der Waals surface area contributed by atoms with Gasteiger partial charge in [0.1, 0.15) is 11.6 Å². The lowest BCUT2D eigenvalue weighted by molar-refractivity contribution is 0.233. The minimum atomic E-state index is -0.277. The van der Waals surface area contributed by atoms with Crippen molar-refractivity contribution >= 4 is 17.8 Å². The van der Waals surface area contributed by atoms with Crippen molar-refractivity contribution in [3.05, 3.63) is 59.4 Å². The minimum absolute atomic E-state index is 0.143. The molecule has 0 radical (unpaired) electrons. The second-order valence-corrected chi connectivity index (χ2v) is 7.35. The lowest BCUT2D eigenvalue weighted by Crippen LogP contribution is -2.40. The fourth-order valence-electron chi connectivity index (χ4n) is 3.01. The molecule has 4 nitrogen and oxygen atoms in total. The van der Waals surface area contributed by atoms with Crippen LogP contribution in [0.3, 0.4) is 0 Å². The molecule has 0 saturated heterocycles. The van der Waals surface area contributed by atoms with E-state index in [9.17, 15) is 9.18 Å². The van der Waals surface area contributed by atoms with E-state index in [2.05, 4.69) is 10.6 Å². The van der Waals surface area contributed by atoms with E-state index in [4.69, 9.17) is 4.74 Å². The Labute approximate surface area is 157 Å². The topological polar surface area (TPSA) is 50.4 Å². The molecule has 1 heterocycles. The van der Waals surface area contributed by atoms with E-state index in [1.807, 2.05) is 38.1 Å². The Bertz CT molecular complexity index is 767. The number of ether oxygens (including phenoxy) is 1. The van der Waals surface area contributed by atoms with Gasteiger partial charge in [-0.05, 0) is 61.7 Å². The molecule has 2 atom stereocenters. The van der Waals surface area contributed by atoms with Crippen LogP contribution < -0.4 is 15.4 Å². The molecule has 0 spiro atoms. The van der Waals surface area contributed by atoms with E-state index in [0.717, 1.165) is 33.9 Å². The molecule has 2 N–H and O–H groups in total. The summed E-state index contributed by atoms with van der Waals surface area (Å²) in [7, 11) is 0. The average Bonchev–Trinajstić information content (AvgIpc) is 2.63. The number of rotatable bonds is 5. The number of carbonyl (C=O) groups is 1. The van der Waals surface area contributed by atoms with Gasteiger partial charge in [0, 0.05) is 10.6 Å². The molecule has 1 aliphatic rings.